The molecule has 11 heteroatoms. The van der Waals surface area contributed by atoms with Gasteiger partial charge >= 0.3 is 6.18 Å². The number of carbonyl (C=O) groups excluding carboxylic acids is 1. The molecule has 178 valence electrons. The van der Waals surface area contributed by atoms with Crippen LogP contribution in [0.4, 0.5) is 23.2 Å². The van der Waals surface area contributed by atoms with Crippen molar-refractivity contribution >= 4 is 40.7 Å². The summed E-state index contributed by atoms with van der Waals surface area (Å²) in [6.45, 7) is 2.78. The fourth-order valence-electron chi connectivity index (χ4n) is 3.41. The number of anilines is 1. The summed E-state index contributed by atoms with van der Waals surface area (Å²) in [5.74, 6) is -1.90. The molecule has 0 aliphatic carbocycles. The second-order valence-electron chi connectivity index (χ2n) is 7.38. The van der Waals surface area contributed by atoms with E-state index in [9.17, 15) is 22.4 Å². The molecule has 0 radical (unpaired) electrons. The highest BCUT2D eigenvalue weighted by Crippen LogP contribution is 2.34. The number of amides is 1. The van der Waals surface area contributed by atoms with Crippen molar-refractivity contribution in [2.75, 3.05) is 43.9 Å². The van der Waals surface area contributed by atoms with Gasteiger partial charge in [-0.15, -0.1) is 11.8 Å². The lowest BCUT2D eigenvalue weighted by atomic mass is 10.1. The predicted molar refractivity (Wildman–Crippen MR) is 122 cm³/mol. The molecule has 0 unspecified atom stereocenters. The van der Waals surface area contributed by atoms with Crippen LogP contribution in [0.25, 0.3) is 0 Å². The molecule has 1 aliphatic rings. The molecule has 5 nitrogen and oxygen atoms in total. The van der Waals surface area contributed by atoms with Crippen LogP contribution < -0.4 is 4.90 Å². The van der Waals surface area contributed by atoms with Crippen LogP contribution in [0.3, 0.4) is 0 Å². The molecule has 1 saturated heterocycles. The van der Waals surface area contributed by atoms with E-state index >= 15 is 0 Å². The van der Waals surface area contributed by atoms with E-state index in [-0.39, 0.29) is 30.4 Å². The van der Waals surface area contributed by atoms with Gasteiger partial charge in [0.15, 0.2) is 5.71 Å². The maximum atomic E-state index is 14.6. The van der Waals surface area contributed by atoms with Crippen LogP contribution >= 0.6 is 23.4 Å². The molecular weight excluding hydrogens is 482 g/mol. The topological polar surface area (TPSA) is 45.1 Å². The molecule has 0 spiro atoms. The molecule has 3 rings (SSSR count). The van der Waals surface area contributed by atoms with Crippen molar-refractivity contribution in [2.24, 2.45) is 5.16 Å². The molecule has 0 atom stereocenters. The third kappa shape index (κ3) is 6.54. The van der Waals surface area contributed by atoms with E-state index in [0.717, 1.165) is 0 Å². The van der Waals surface area contributed by atoms with E-state index in [1.54, 1.807) is 41.0 Å². The van der Waals surface area contributed by atoms with Gasteiger partial charge in [-0.2, -0.15) is 13.2 Å². The normalized spacial score (nSPS) is 15.1. The number of halogens is 5. The van der Waals surface area contributed by atoms with E-state index in [1.165, 1.54) is 19.2 Å². The Hall–Kier alpha value is -2.46. The number of rotatable bonds is 6. The average molecular weight is 504 g/mol. The van der Waals surface area contributed by atoms with Crippen LogP contribution in [0.2, 0.25) is 5.02 Å². The Morgan fingerprint density at radius 3 is 2.36 bits per heavy atom. The van der Waals surface area contributed by atoms with Crippen molar-refractivity contribution < 1.29 is 27.2 Å². The molecule has 1 amide bonds. The Morgan fingerprint density at radius 1 is 1.15 bits per heavy atom. The number of oxime groups is 1. The fourth-order valence-corrected chi connectivity index (χ4v) is 4.34. The molecule has 0 N–H and O–H groups in total. The minimum atomic E-state index is -4.32. The first kappa shape index (κ1) is 25.2. The molecule has 2 aromatic carbocycles. The van der Waals surface area contributed by atoms with Gasteiger partial charge in [0.2, 0.25) is 0 Å². The SMILES string of the molecule is CON=C(C(=O)N1CCN(c2cc(SCC(F)(F)F)c(C)cc2F)CC1)c1ccc(Cl)cc1. The van der Waals surface area contributed by atoms with Gasteiger partial charge in [-0.1, -0.05) is 28.9 Å². The maximum absolute atomic E-state index is 14.6. The first-order valence-corrected chi connectivity index (χ1v) is 11.4. The summed E-state index contributed by atoms with van der Waals surface area (Å²) in [5.41, 5.74) is 1.34. The monoisotopic (exact) mass is 503 g/mol. The lowest BCUT2D eigenvalue weighted by Crippen LogP contribution is -2.51. The Labute approximate surface area is 198 Å². The van der Waals surface area contributed by atoms with Gasteiger partial charge in [-0.3, -0.25) is 4.79 Å². The Balaban J connectivity index is 1.71. The summed E-state index contributed by atoms with van der Waals surface area (Å²) in [6, 6.07) is 9.30. The second-order valence-corrected chi connectivity index (χ2v) is 8.84. The maximum Gasteiger partial charge on any atom is 0.398 e. The number of aryl methyl sites for hydroxylation is 1. The summed E-state index contributed by atoms with van der Waals surface area (Å²) in [5, 5.41) is 4.38. The van der Waals surface area contributed by atoms with Gasteiger partial charge in [0, 0.05) is 41.7 Å². The van der Waals surface area contributed by atoms with Gasteiger partial charge in [0.1, 0.15) is 12.9 Å². The van der Waals surface area contributed by atoms with Crippen LogP contribution in [-0.2, 0) is 9.63 Å². The van der Waals surface area contributed by atoms with Crippen molar-refractivity contribution in [2.45, 2.75) is 18.0 Å². The molecular formula is C22H22ClF4N3O2S. The third-order valence-electron chi connectivity index (χ3n) is 5.05. The van der Waals surface area contributed by atoms with E-state index in [4.69, 9.17) is 16.4 Å². The van der Waals surface area contributed by atoms with Gasteiger partial charge in [0.25, 0.3) is 5.91 Å². The van der Waals surface area contributed by atoms with Crippen LogP contribution in [0.1, 0.15) is 11.1 Å². The lowest BCUT2D eigenvalue weighted by molar-refractivity contribution is -0.124. The zero-order valence-electron chi connectivity index (χ0n) is 18.0. The highest BCUT2D eigenvalue weighted by atomic mass is 35.5. The number of carbonyl (C=O) groups is 1. The van der Waals surface area contributed by atoms with E-state index < -0.39 is 17.7 Å². The van der Waals surface area contributed by atoms with Crippen LogP contribution in [-0.4, -0.2) is 61.7 Å². The average Bonchev–Trinajstić information content (AvgIpc) is 2.77. The number of hydrogen-bond donors (Lipinski definition) is 0. The van der Waals surface area contributed by atoms with Gasteiger partial charge in [-0.25, -0.2) is 4.39 Å². The molecule has 1 heterocycles. The molecule has 2 aromatic rings. The van der Waals surface area contributed by atoms with Crippen molar-refractivity contribution in [3.8, 4) is 0 Å². The second kappa shape index (κ2) is 10.6. The minimum Gasteiger partial charge on any atom is -0.398 e. The van der Waals surface area contributed by atoms with Crippen LogP contribution in [0, 0.1) is 12.7 Å². The van der Waals surface area contributed by atoms with E-state index in [1.807, 2.05) is 0 Å². The summed E-state index contributed by atoms with van der Waals surface area (Å²) in [4.78, 5) is 21.6. The smallest absolute Gasteiger partial charge is 0.398 e. The molecule has 0 saturated carbocycles. The Morgan fingerprint density at radius 2 is 1.79 bits per heavy atom. The number of hydrogen-bond acceptors (Lipinski definition) is 5. The molecule has 1 fully saturated rings. The molecule has 0 bridgehead atoms. The largest absolute Gasteiger partial charge is 0.398 e. The zero-order chi connectivity index (χ0) is 24.2. The van der Waals surface area contributed by atoms with Gasteiger partial charge < -0.3 is 14.6 Å². The lowest BCUT2D eigenvalue weighted by Gasteiger charge is -2.36. The van der Waals surface area contributed by atoms with Crippen LogP contribution in [0.15, 0.2) is 46.4 Å². The van der Waals surface area contributed by atoms with Crippen molar-refractivity contribution in [3.05, 3.63) is 58.4 Å². The minimum absolute atomic E-state index is 0.120. The summed E-state index contributed by atoms with van der Waals surface area (Å²) in [7, 11) is 1.34. The fraction of sp³-hybridized carbons (Fsp3) is 0.364. The number of nitrogens with zero attached hydrogens (tertiary/aromatic N) is 3. The van der Waals surface area contributed by atoms with Crippen molar-refractivity contribution in [1.82, 2.24) is 4.90 Å². The Kier molecular flexibility index (Phi) is 8.12. The summed E-state index contributed by atoms with van der Waals surface area (Å²) >= 11 is 6.54. The Bertz CT molecular complexity index is 1020. The first-order chi connectivity index (χ1) is 15.6. The number of piperazine rings is 1. The quantitative estimate of drug-likeness (QED) is 0.237. The number of alkyl halides is 3. The highest BCUT2D eigenvalue weighted by Gasteiger charge is 2.29. The van der Waals surface area contributed by atoms with Gasteiger partial charge in [-0.05, 0) is 36.8 Å². The molecule has 1 aliphatic heterocycles. The van der Waals surface area contributed by atoms with Gasteiger partial charge in [0.05, 0.1) is 11.4 Å². The zero-order valence-corrected chi connectivity index (χ0v) is 19.5. The predicted octanol–water partition coefficient (Wildman–Crippen LogP) is 5.14. The highest BCUT2D eigenvalue weighted by molar-refractivity contribution is 7.99. The standard InChI is InChI=1S/C22H22ClF4N3O2S/c1-14-11-17(24)18(12-19(14)33-13-22(25,26)27)29-7-9-30(10-8-29)21(31)20(28-32-2)15-3-5-16(23)6-4-15/h3-6,11-12H,7-10,13H2,1-2H3. The molecule has 33 heavy (non-hydrogen) atoms. The number of benzene rings is 2. The number of thioether (sulfide) groups is 1. The van der Waals surface area contributed by atoms with E-state index in [0.29, 0.717) is 45.9 Å². The molecule has 0 aromatic heterocycles. The first-order valence-electron chi connectivity index (χ1n) is 10.00. The van der Waals surface area contributed by atoms with E-state index in [2.05, 4.69) is 5.16 Å². The van der Waals surface area contributed by atoms with Crippen LogP contribution in [0.5, 0.6) is 0 Å². The summed E-state index contributed by atoms with van der Waals surface area (Å²) in [6.07, 6.45) is -4.32. The van der Waals surface area contributed by atoms with Crippen molar-refractivity contribution in [3.63, 3.8) is 0 Å². The summed E-state index contributed by atoms with van der Waals surface area (Å²) < 4.78 is 52.5. The third-order valence-corrected chi connectivity index (χ3v) is 6.52. The van der Waals surface area contributed by atoms with Crippen molar-refractivity contribution in [1.29, 1.82) is 0 Å².